The maximum absolute atomic E-state index is 13.3. The number of ketones is 1. The Hall–Kier alpha value is -3.35. The summed E-state index contributed by atoms with van der Waals surface area (Å²) in [5.74, 6) is -1.11. The van der Waals surface area contributed by atoms with Crippen molar-refractivity contribution < 1.29 is 19.1 Å². The minimum atomic E-state index is -0.879. The molecule has 1 atom stereocenters. The lowest BCUT2D eigenvalue weighted by molar-refractivity contribution is -0.118. The molecule has 35 heavy (non-hydrogen) atoms. The van der Waals surface area contributed by atoms with Gasteiger partial charge in [0.15, 0.2) is 5.78 Å². The molecule has 0 radical (unpaired) electrons. The van der Waals surface area contributed by atoms with Crippen LogP contribution in [0.4, 0.5) is 5.69 Å². The van der Waals surface area contributed by atoms with Crippen LogP contribution in [0.3, 0.4) is 0 Å². The van der Waals surface area contributed by atoms with Crippen LogP contribution in [-0.2, 0) is 4.79 Å². The van der Waals surface area contributed by atoms with E-state index in [4.69, 9.17) is 27.9 Å². The van der Waals surface area contributed by atoms with E-state index in [0.717, 1.165) is 0 Å². The average molecular weight is 513 g/mol. The molecule has 2 N–H and O–H groups in total. The van der Waals surface area contributed by atoms with Crippen LogP contribution in [0.15, 0.2) is 66.7 Å². The highest BCUT2D eigenvalue weighted by atomic mass is 35.5. The summed E-state index contributed by atoms with van der Waals surface area (Å²) >= 11 is 12.4. The Kier molecular flexibility index (Phi) is 8.90. The molecule has 3 aromatic rings. The number of benzene rings is 3. The summed E-state index contributed by atoms with van der Waals surface area (Å²) in [4.78, 5) is 39.5. The standard InChI is InChI=1S/C27H26Cl2N2O4/c1-4-35-23-12-8-6-10-19(23)26(33)31-24(16(2)3)27(34)30-22-14-13-17(28)15-20(22)25(32)18-9-5-7-11-21(18)29/h5-16,24H,4H2,1-3H3,(H,30,34)(H,31,33)/t24-/m0/s1. The zero-order chi connectivity index (χ0) is 25.5. The number of hydrogen-bond donors (Lipinski definition) is 2. The second-order valence-electron chi connectivity index (χ2n) is 8.11. The number of amides is 2. The number of hydrogen-bond acceptors (Lipinski definition) is 4. The Bertz CT molecular complexity index is 1240. The Morgan fingerprint density at radius 3 is 2.20 bits per heavy atom. The lowest BCUT2D eigenvalue weighted by Gasteiger charge is -2.23. The van der Waals surface area contributed by atoms with Gasteiger partial charge in [-0.2, -0.15) is 0 Å². The Balaban J connectivity index is 1.87. The second kappa shape index (κ2) is 11.9. The van der Waals surface area contributed by atoms with E-state index >= 15 is 0 Å². The van der Waals surface area contributed by atoms with E-state index in [1.807, 2.05) is 20.8 Å². The summed E-state index contributed by atoms with van der Waals surface area (Å²) in [5.41, 5.74) is 1.07. The van der Waals surface area contributed by atoms with Crippen molar-refractivity contribution in [3.05, 3.63) is 93.5 Å². The van der Waals surface area contributed by atoms with Gasteiger partial charge in [-0.1, -0.05) is 61.3 Å². The quantitative estimate of drug-likeness (QED) is 0.343. The maximum Gasteiger partial charge on any atom is 0.255 e. The van der Waals surface area contributed by atoms with Crippen LogP contribution in [-0.4, -0.2) is 30.2 Å². The van der Waals surface area contributed by atoms with Crippen LogP contribution >= 0.6 is 23.2 Å². The van der Waals surface area contributed by atoms with Gasteiger partial charge in [-0.05, 0) is 55.3 Å². The van der Waals surface area contributed by atoms with Crippen LogP contribution in [0.5, 0.6) is 5.75 Å². The highest BCUT2D eigenvalue weighted by molar-refractivity contribution is 6.36. The molecule has 8 heteroatoms. The Morgan fingerprint density at radius 2 is 1.54 bits per heavy atom. The smallest absolute Gasteiger partial charge is 0.255 e. The van der Waals surface area contributed by atoms with E-state index in [9.17, 15) is 14.4 Å². The van der Waals surface area contributed by atoms with Crippen LogP contribution in [0, 0.1) is 5.92 Å². The zero-order valence-corrected chi connectivity index (χ0v) is 21.1. The molecule has 0 aliphatic carbocycles. The first kappa shape index (κ1) is 26.3. The molecule has 3 rings (SSSR count). The number of ether oxygens (including phenoxy) is 1. The predicted octanol–water partition coefficient (Wildman–Crippen LogP) is 6.02. The van der Waals surface area contributed by atoms with Gasteiger partial charge in [0.25, 0.3) is 5.91 Å². The highest BCUT2D eigenvalue weighted by Gasteiger charge is 2.27. The fraction of sp³-hybridized carbons (Fsp3) is 0.222. The number of para-hydroxylation sites is 1. The molecule has 3 aromatic carbocycles. The fourth-order valence-corrected chi connectivity index (χ4v) is 3.90. The number of anilines is 1. The molecule has 0 unspecified atom stereocenters. The van der Waals surface area contributed by atoms with Crippen molar-refractivity contribution >= 4 is 46.5 Å². The van der Waals surface area contributed by atoms with Gasteiger partial charge in [-0.15, -0.1) is 0 Å². The Morgan fingerprint density at radius 1 is 0.886 bits per heavy atom. The normalized spacial score (nSPS) is 11.6. The van der Waals surface area contributed by atoms with Crippen molar-refractivity contribution in [1.82, 2.24) is 5.32 Å². The number of nitrogens with one attached hydrogen (secondary N) is 2. The predicted molar refractivity (Wildman–Crippen MR) is 139 cm³/mol. The topological polar surface area (TPSA) is 84.5 Å². The van der Waals surface area contributed by atoms with E-state index in [0.29, 0.717) is 22.9 Å². The van der Waals surface area contributed by atoms with Gasteiger partial charge in [0.05, 0.1) is 22.9 Å². The molecule has 0 saturated heterocycles. The minimum absolute atomic E-state index is 0.189. The fourth-order valence-electron chi connectivity index (χ4n) is 3.50. The molecule has 2 amide bonds. The second-order valence-corrected chi connectivity index (χ2v) is 8.96. The molecule has 0 aromatic heterocycles. The van der Waals surface area contributed by atoms with Crippen molar-refractivity contribution in [3.63, 3.8) is 0 Å². The van der Waals surface area contributed by atoms with E-state index < -0.39 is 17.9 Å². The van der Waals surface area contributed by atoms with Gasteiger partial charge < -0.3 is 15.4 Å². The van der Waals surface area contributed by atoms with Gasteiger partial charge >= 0.3 is 0 Å². The molecular formula is C27H26Cl2N2O4. The lowest BCUT2D eigenvalue weighted by atomic mass is 9.99. The number of rotatable bonds is 9. The molecule has 6 nitrogen and oxygen atoms in total. The van der Waals surface area contributed by atoms with Crippen molar-refractivity contribution in [2.45, 2.75) is 26.8 Å². The van der Waals surface area contributed by atoms with Crippen molar-refractivity contribution in [1.29, 1.82) is 0 Å². The first-order valence-corrected chi connectivity index (χ1v) is 11.9. The molecule has 182 valence electrons. The van der Waals surface area contributed by atoms with Crippen LogP contribution in [0.1, 0.15) is 47.1 Å². The SMILES string of the molecule is CCOc1ccccc1C(=O)N[C@H](C(=O)Nc1ccc(Cl)cc1C(=O)c1ccccc1Cl)C(C)C. The molecule has 0 fully saturated rings. The zero-order valence-electron chi connectivity index (χ0n) is 19.6. The Labute approximate surface area is 214 Å². The summed E-state index contributed by atoms with van der Waals surface area (Å²) in [7, 11) is 0. The molecular weight excluding hydrogens is 487 g/mol. The first-order valence-electron chi connectivity index (χ1n) is 11.1. The highest BCUT2D eigenvalue weighted by Crippen LogP contribution is 2.27. The lowest BCUT2D eigenvalue weighted by Crippen LogP contribution is -2.47. The third kappa shape index (κ3) is 6.41. The summed E-state index contributed by atoms with van der Waals surface area (Å²) in [6.45, 7) is 5.86. The van der Waals surface area contributed by atoms with Gasteiger partial charge in [-0.3, -0.25) is 14.4 Å². The first-order chi connectivity index (χ1) is 16.7. The van der Waals surface area contributed by atoms with Gasteiger partial charge in [0.2, 0.25) is 5.91 Å². The van der Waals surface area contributed by atoms with E-state index in [1.165, 1.54) is 6.07 Å². The van der Waals surface area contributed by atoms with Crippen LogP contribution in [0.25, 0.3) is 0 Å². The number of halogens is 2. The molecule has 0 saturated carbocycles. The van der Waals surface area contributed by atoms with Crippen LogP contribution < -0.4 is 15.4 Å². The monoisotopic (exact) mass is 512 g/mol. The molecule has 0 aliphatic rings. The number of carbonyl (C=O) groups excluding carboxylic acids is 3. The molecule has 0 spiro atoms. The molecule has 0 heterocycles. The van der Waals surface area contributed by atoms with Crippen molar-refractivity contribution in [3.8, 4) is 5.75 Å². The summed E-state index contributed by atoms with van der Waals surface area (Å²) in [6, 6.07) is 17.2. The summed E-state index contributed by atoms with van der Waals surface area (Å²) in [5, 5.41) is 6.19. The van der Waals surface area contributed by atoms with Crippen LogP contribution in [0.2, 0.25) is 10.0 Å². The summed E-state index contributed by atoms with van der Waals surface area (Å²) in [6.07, 6.45) is 0. The van der Waals surface area contributed by atoms with Crippen molar-refractivity contribution in [2.75, 3.05) is 11.9 Å². The third-order valence-electron chi connectivity index (χ3n) is 5.27. The number of carbonyl (C=O) groups is 3. The van der Waals surface area contributed by atoms with Gasteiger partial charge in [0.1, 0.15) is 11.8 Å². The molecule has 0 bridgehead atoms. The third-order valence-corrected chi connectivity index (χ3v) is 5.83. The van der Waals surface area contributed by atoms with E-state index in [-0.39, 0.29) is 33.5 Å². The van der Waals surface area contributed by atoms with E-state index in [1.54, 1.807) is 60.7 Å². The van der Waals surface area contributed by atoms with Gasteiger partial charge in [0, 0.05) is 16.1 Å². The van der Waals surface area contributed by atoms with E-state index in [2.05, 4.69) is 10.6 Å². The maximum atomic E-state index is 13.3. The molecule has 0 aliphatic heterocycles. The average Bonchev–Trinajstić information content (AvgIpc) is 2.83. The summed E-state index contributed by atoms with van der Waals surface area (Å²) < 4.78 is 5.54. The van der Waals surface area contributed by atoms with Gasteiger partial charge in [-0.25, -0.2) is 0 Å². The van der Waals surface area contributed by atoms with Crippen molar-refractivity contribution in [2.24, 2.45) is 5.92 Å². The largest absolute Gasteiger partial charge is 0.493 e. The minimum Gasteiger partial charge on any atom is -0.493 e.